The van der Waals surface area contributed by atoms with Gasteiger partial charge in [0.05, 0.1) is 5.75 Å². The minimum atomic E-state index is -2.92. The van der Waals surface area contributed by atoms with E-state index in [4.69, 9.17) is 5.84 Å². The highest BCUT2D eigenvalue weighted by Crippen LogP contribution is 2.19. The van der Waals surface area contributed by atoms with Gasteiger partial charge in [-0.1, -0.05) is 13.8 Å². The minimum absolute atomic E-state index is 0.0512. The second-order valence-electron chi connectivity index (χ2n) is 3.50. The lowest BCUT2D eigenvalue weighted by molar-refractivity contribution is -0.124. The predicted molar refractivity (Wildman–Crippen MR) is 63.1 cm³/mol. The van der Waals surface area contributed by atoms with Crippen molar-refractivity contribution < 1.29 is 13.2 Å². The second kappa shape index (κ2) is 6.34. The first-order valence-corrected chi connectivity index (χ1v) is 7.68. The Labute approximate surface area is 95.1 Å². The van der Waals surface area contributed by atoms with Gasteiger partial charge in [0, 0.05) is 23.2 Å². The number of rotatable bonds is 6. The maximum atomic E-state index is 11.1. The van der Waals surface area contributed by atoms with Gasteiger partial charge in [0.2, 0.25) is 5.91 Å². The molecule has 0 aromatic carbocycles. The maximum absolute atomic E-state index is 11.1. The van der Waals surface area contributed by atoms with Gasteiger partial charge in [0.25, 0.3) is 0 Å². The molecule has 0 bridgehead atoms. The van der Waals surface area contributed by atoms with Crippen molar-refractivity contribution in [2.75, 3.05) is 17.8 Å². The highest BCUT2D eigenvalue weighted by molar-refractivity contribution is 8.01. The van der Waals surface area contributed by atoms with E-state index in [1.54, 1.807) is 6.92 Å². The second-order valence-corrected chi connectivity index (χ2v) is 7.25. The van der Waals surface area contributed by atoms with Crippen molar-refractivity contribution in [2.24, 2.45) is 11.8 Å². The number of hydrogen-bond acceptors (Lipinski definition) is 5. The number of hydrogen-bond donors (Lipinski definition) is 2. The van der Waals surface area contributed by atoms with E-state index >= 15 is 0 Å². The van der Waals surface area contributed by atoms with Crippen LogP contribution in [0.3, 0.4) is 0 Å². The van der Waals surface area contributed by atoms with Crippen molar-refractivity contribution in [1.29, 1.82) is 0 Å². The lowest BCUT2D eigenvalue weighted by atomic mass is 10.1. The van der Waals surface area contributed by atoms with Gasteiger partial charge in [-0.15, -0.1) is 0 Å². The molecule has 1 amide bonds. The highest BCUT2D eigenvalue weighted by Gasteiger charge is 2.19. The zero-order chi connectivity index (χ0) is 12.1. The molecule has 90 valence electrons. The van der Waals surface area contributed by atoms with E-state index in [1.165, 1.54) is 18.0 Å². The topological polar surface area (TPSA) is 89.3 Å². The van der Waals surface area contributed by atoms with Gasteiger partial charge >= 0.3 is 0 Å². The van der Waals surface area contributed by atoms with Crippen molar-refractivity contribution in [3.63, 3.8) is 0 Å². The van der Waals surface area contributed by atoms with Crippen molar-refractivity contribution in [3.8, 4) is 0 Å². The summed E-state index contributed by atoms with van der Waals surface area (Å²) in [6.45, 7) is 3.65. The van der Waals surface area contributed by atoms with Crippen LogP contribution in [0.25, 0.3) is 0 Å². The molecule has 0 saturated heterocycles. The van der Waals surface area contributed by atoms with Gasteiger partial charge in [-0.25, -0.2) is 14.3 Å². The van der Waals surface area contributed by atoms with Crippen LogP contribution in [0.4, 0.5) is 0 Å². The molecule has 2 atom stereocenters. The standard InChI is InChI=1S/C8H18N2O3S2/c1-6(8(11)10-9)7(2)14-4-5-15(3,12)13/h6-7H,4-5,9H2,1-3H3,(H,10,11). The fraction of sp³-hybridized carbons (Fsp3) is 0.875. The third-order valence-electron chi connectivity index (χ3n) is 2.09. The van der Waals surface area contributed by atoms with Crippen LogP contribution in [0, 0.1) is 5.92 Å². The Morgan fingerprint density at radius 3 is 2.40 bits per heavy atom. The predicted octanol–water partition coefficient (Wildman–Crippen LogP) is -0.221. The molecule has 0 radical (unpaired) electrons. The molecule has 5 nitrogen and oxygen atoms in total. The first-order valence-electron chi connectivity index (χ1n) is 4.57. The number of carbonyl (C=O) groups is 1. The molecule has 0 saturated carbocycles. The number of nitrogens with one attached hydrogen (secondary N) is 1. The van der Waals surface area contributed by atoms with Crippen LogP contribution in [0.2, 0.25) is 0 Å². The van der Waals surface area contributed by atoms with Gasteiger partial charge in [-0.2, -0.15) is 11.8 Å². The van der Waals surface area contributed by atoms with Crippen molar-refractivity contribution in [1.82, 2.24) is 5.43 Å². The average molecular weight is 254 g/mol. The first kappa shape index (κ1) is 14.7. The summed E-state index contributed by atoms with van der Waals surface area (Å²) in [6, 6.07) is 0. The molecule has 0 fully saturated rings. The summed E-state index contributed by atoms with van der Waals surface area (Å²) in [7, 11) is -2.92. The van der Waals surface area contributed by atoms with Crippen LogP contribution in [0.5, 0.6) is 0 Å². The zero-order valence-electron chi connectivity index (χ0n) is 9.19. The molecule has 3 N–H and O–H groups in total. The van der Waals surface area contributed by atoms with Crippen molar-refractivity contribution >= 4 is 27.5 Å². The molecule has 0 aliphatic carbocycles. The number of thioether (sulfide) groups is 1. The van der Waals surface area contributed by atoms with E-state index in [2.05, 4.69) is 5.43 Å². The summed E-state index contributed by atoms with van der Waals surface area (Å²) >= 11 is 1.46. The van der Waals surface area contributed by atoms with Gasteiger partial charge in [0.15, 0.2) is 0 Å². The number of hydrazine groups is 1. The normalized spacial score (nSPS) is 15.7. The smallest absolute Gasteiger partial charge is 0.237 e. The van der Waals surface area contributed by atoms with Crippen LogP contribution in [-0.2, 0) is 14.6 Å². The molecule has 0 spiro atoms. The third-order valence-corrected chi connectivity index (χ3v) is 4.67. The Kier molecular flexibility index (Phi) is 6.23. The Morgan fingerprint density at radius 1 is 1.47 bits per heavy atom. The molecule has 0 aliphatic heterocycles. The summed E-state index contributed by atoms with van der Waals surface area (Å²) in [5.74, 6) is 5.19. The van der Waals surface area contributed by atoms with E-state index < -0.39 is 9.84 Å². The maximum Gasteiger partial charge on any atom is 0.237 e. The summed E-state index contributed by atoms with van der Waals surface area (Å²) in [5.41, 5.74) is 2.08. The van der Waals surface area contributed by atoms with Crippen LogP contribution < -0.4 is 11.3 Å². The summed E-state index contributed by atoms with van der Waals surface area (Å²) in [6.07, 6.45) is 1.20. The Bertz CT molecular complexity index is 303. The highest BCUT2D eigenvalue weighted by atomic mass is 32.2. The van der Waals surface area contributed by atoms with Crippen molar-refractivity contribution in [3.05, 3.63) is 0 Å². The SMILES string of the molecule is CC(SCCS(C)(=O)=O)C(C)C(=O)NN. The van der Waals surface area contributed by atoms with Crippen LogP contribution in [-0.4, -0.2) is 37.3 Å². The molecule has 0 aromatic rings. The Morgan fingerprint density at radius 2 is 2.00 bits per heavy atom. The summed E-state index contributed by atoms with van der Waals surface area (Å²) < 4.78 is 21.7. The molecule has 2 unspecified atom stereocenters. The number of sulfone groups is 1. The molecule has 15 heavy (non-hydrogen) atoms. The van der Waals surface area contributed by atoms with E-state index in [-0.39, 0.29) is 22.8 Å². The number of carbonyl (C=O) groups excluding carboxylic acids is 1. The zero-order valence-corrected chi connectivity index (χ0v) is 10.8. The third kappa shape index (κ3) is 6.75. The largest absolute Gasteiger partial charge is 0.294 e. The Hall–Kier alpha value is -0.270. The Balaban J connectivity index is 3.94. The fourth-order valence-electron chi connectivity index (χ4n) is 0.874. The molecule has 0 heterocycles. The number of nitrogens with two attached hydrogens (primary N) is 1. The van der Waals surface area contributed by atoms with Gasteiger partial charge in [-0.05, 0) is 0 Å². The summed E-state index contributed by atoms with van der Waals surface area (Å²) in [4.78, 5) is 11.1. The van der Waals surface area contributed by atoms with E-state index in [0.717, 1.165) is 0 Å². The van der Waals surface area contributed by atoms with E-state index in [0.29, 0.717) is 5.75 Å². The lowest BCUT2D eigenvalue weighted by Gasteiger charge is -2.17. The molecule has 7 heteroatoms. The molecule has 0 aliphatic rings. The average Bonchev–Trinajstić information content (AvgIpc) is 2.13. The number of amides is 1. The molecular formula is C8H18N2O3S2. The fourth-order valence-corrected chi connectivity index (χ4v) is 3.25. The van der Waals surface area contributed by atoms with Crippen molar-refractivity contribution in [2.45, 2.75) is 19.1 Å². The van der Waals surface area contributed by atoms with Gasteiger partial charge in [-0.3, -0.25) is 10.2 Å². The molecule has 0 rings (SSSR count). The minimum Gasteiger partial charge on any atom is -0.294 e. The van der Waals surface area contributed by atoms with E-state index in [9.17, 15) is 13.2 Å². The van der Waals surface area contributed by atoms with Crippen LogP contribution >= 0.6 is 11.8 Å². The van der Waals surface area contributed by atoms with Gasteiger partial charge in [0.1, 0.15) is 9.84 Å². The van der Waals surface area contributed by atoms with Crippen LogP contribution in [0.1, 0.15) is 13.8 Å². The molecule has 0 aromatic heterocycles. The van der Waals surface area contributed by atoms with E-state index in [1.807, 2.05) is 6.92 Å². The quantitative estimate of drug-likeness (QED) is 0.388. The lowest BCUT2D eigenvalue weighted by Crippen LogP contribution is -2.38. The first-order chi connectivity index (χ1) is 6.78. The van der Waals surface area contributed by atoms with Crippen LogP contribution in [0.15, 0.2) is 0 Å². The molecular weight excluding hydrogens is 236 g/mol. The monoisotopic (exact) mass is 254 g/mol. The van der Waals surface area contributed by atoms with Gasteiger partial charge < -0.3 is 0 Å². The summed E-state index contributed by atoms with van der Waals surface area (Å²) in [5, 5.41) is 0.0512.